The zero-order chi connectivity index (χ0) is 25.8. The van der Waals surface area contributed by atoms with Gasteiger partial charge in [0.2, 0.25) is 5.91 Å². The second kappa shape index (κ2) is 10.7. The van der Waals surface area contributed by atoms with Crippen LogP contribution in [0.25, 0.3) is 33.5 Å². The summed E-state index contributed by atoms with van der Waals surface area (Å²) in [7, 11) is 5.57. The first-order valence-electron chi connectivity index (χ1n) is 11.8. The van der Waals surface area contributed by atoms with Gasteiger partial charge in [-0.15, -0.1) is 0 Å². The molecule has 36 heavy (non-hydrogen) atoms. The lowest BCUT2D eigenvalue weighted by Gasteiger charge is -2.16. The number of pyridine rings is 1. The van der Waals surface area contributed by atoms with Gasteiger partial charge in [0.25, 0.3) is 5.56 Å². The number of aromatic nitrogens is 3. The van der Waals surface area contributed by atoms with Gasteiger partial charge in [-0.2, -0.15) is 0 Å². The topological polar surface area (TPSA) is 89.3 Å². The van der Waals surface area contributed by atoms with Crippen molar-refractivity contribution in [1.82, 2.24) is 24.8 Å². The van der Waals surface area contributed by atoms with Crippen molar-refractivity contribution in [3.63, 3.8) is 0 Å². The molecular formula is C28H31N5O3. The zero-order valence-electron chi connectivity index (χ0n) is 21.3. The number of methoxy groups -OCH3 is 1. The van der Waals surface area contributed by atoms with Gasteiger partial charge in [0.05, 0.1) is 29.4 Å². The number of carbonyl (C=O) groups excluding carboxylic acids is 1. The van der Waals surface area contributed by atoms with E-state index in [0.717, 1.165) is 17.0 Å². The van der Waals surface area contributed by atoms with E-state index in [0.29, 0.717) is 34.6 Å². The quantitative estimate of drug-likeness (QED) is 0.409. The van der Waals surface area contributed by atoms with E-state index in [9.17, 15) is 9.59 Å². The minimum atomic E-state index is -0.289. The smallest absolute Gasteiger partial charge is 0.262 e. The van der Waals surface area contributed by atoms with Crippen molar-refractivity contribution >= 4 is 16.8 Å². The lowest BCUT2D eigenvalue weighted by molar-refractivity contribution is -0.122. The van der Waals surface area contributed by atoms with Crippen molar-refractivity contribution in [2.75, 3.05) is 21.2 Å². The maximum absolute atomic E-state index is 13.8. The number of carbonyl (C=O) groups is 1. The standard InChI is InChI=1S/C28H31N5O3/c1-18(2)29-26(34)17-33-27(20-8-6-10-22(14-20)36-5)31-25-13-12-19(15-23(25)28(33)35)24-11-7-9-21(30-24)16-32(3)4/h6-15,18H,16-17H2,1-5H3,(H,29,34). The summed E-state index contributed by atoms with van der Waals surface area (Å²) in [5, 5.41) is 3.29. The highest BCUT2D eigenvalue weighted by Crippen LogP contribution is 2.26. The summed E-state index contributed by atoms with van der Waals surface area (Å²) in [6.45, 7) is 4.33. The molecule has 4 rings (SSSR count). The summed E-state index contributed by atoms with van der Waals surface area (Å²) in [6.07, 6.45) is 0. The molecule has 0 spiro atoms. The number of nitrogens with one attached hydrogen (secondary N) is 1. The zero-order valence-corrected chi connectivity index (χ0v) is 21.3. The first-order valence-corrected chi connectivity index (χ1v) is 11.8. The number of benzene rings is 2. The Morgan fingerprint density at radius 2 is 1.81 bits per heavy atom. The average Bonchev–Trinajstić information content (AvgIpc) is 2.84. The first kappa shape index (κ1) is 25.1. The van der Waals surface area contributed by atoms with Crippen molar-refractivity contribution in [3.8, 4) is 28.4 Å². The van der Waals surface area contributed by atoms with Gasteiger partial charge in [0.15, 0.2) is 0 Å². The predicted octanol–water partition coefficient (Wildman–Crippen LogP) is 3.72. The molecule has 8 heteroatoms. The van der Waals surface area contributed by atoms with Crippen LogP contribution in [0.4, 0.5) is 0 Å². The van der Waals surface area contributed by atoms with Crippen LogP contribution in [-0.2, 0) is 17.9 Å². The molecule has 2 aromatic heterocycles. The van der Waals surface area contributed by atoms with Crippen LogP contribution in [0.2, 0.25) is 0 Å². The van der Waals surface area contributed by atoms with Crippen LogP contribution in [0.3, 0.4) is 0 Å². The van der Waals surface area contributed by atoms with E-state index in [-0.39, 0.29) is 24.1 Å². The summed E-state index contributed by atoms with van der Waals surface area (Å²) < 4.78 is 6.79. The molecular weight excluding hydrogens is 454 g/mol. The normalized spacial score (nSPS) is 11.3. The van der Waals surface area contributed by atoms with E-state index in [1.165, 1.54) is 4.57 Å². The molecule has 0 unspecified atom stereocenters. The van der Waals surface area contributed by atoms with Crippen LogP contribution >= 0.6 is 0 Å². The van der Waals surface area contributed by atoms with Crippen LogP contribution in [0.1, 0.15) is 19.5 Å². The fraction of sp³-hybridized carbons (Fsp3) is 0.286. The van der Waals surface area contributed by atoms with Crippen molar-refractivity contribution in [2.45, 2.75) is 33.0 Å². The molecule has 0 radical (unpaired) electrons. The maximum atomic E-state index is 13.8. The monoisotopic (exact) mass is 485 g/mol. The molecule has 1 N–H and O–H groups in total. The second-order valence-electron chi connectivity index (χ2n) is 9.26. The van der Waals surface area contributed by atoms with Crippen molar-refractivity contribution in [2.24, 2.45) is 0 Å². The average molecular weight is 486 g/mol. The number of amides is 1. The van der Waals surface area contributed by atoms with Gasteiger partial charge in [0.1, 0.15) is 18.1 Å². The highest BCUT2D eigenvalue weighted by Gasteiger charge is 2.17. The molecule has 0 bridgehead atoms. The third-order valence-electron chi connectivity index (χ3n) is 5.61. The largest absolute Gasteiger partial charge is 0.497 e. The molecule has 0 fully saturated rings. The summed E-state index contributed by atoms with van der Waals surface area (Å²) in [4.78, 5) is 38.1. The summed E-state index contributed by atoms with van der Waals surface area (Å²) in [6, 6.07) is 18.7. The third kappa shape index (κ3) is 5.60. The minimum absolute atomic E-state index is 0.0472. The van der Waals surface area contributed by atoms with Crippen LogP contribution in [-0.4, -0.2) is 52.6 Å². The van der Waals surface area contributed by atoms with Crippen LogP contribution in [0.15, 0.2) is 65.5 Å². The van der Waals surface area contributed by atoms with Gasteiger partial charge in [-0.3, -0.25) is 19.1 Å². The Labute approximate surface area is 210 Å². The van der Waals surface area contributed by atoms with E-state index in [1.54, 1.807) is 19.2 Å². The molecule has 0 aliphatic heterocycles. The van der Waals surface area contributed by atoms with E-state index in [1.807, 2.05) is 76.5 Å². The molecule has 1 amide bonds. The SMILES string of the molecule is COc1cccc(-c2nc3ccc(-c4cccc(CN(C)C)n4)cc3c(=O)n2CC(=O)NC(C)C)c1. The van der Waals surface area contributed by atoms with E-state index >= 15 is 0 Å². The van der Waals surface area contributed by atoms with Gasteiger partial charge in [-0.1, -0.05) is 24.3 Å². The van der Waals surface area contributed by atoms with Crippen LogP contribution < -0.4 is 15.6 Å². The lowest BCUT2D eigenvalue weighted by atomic mass is 10.1. The molecule has 4 aromatic rings. The Hall–Kier alpha value is -4.04. The Morgan fingerprint density at radius 3 is 2.53 bits per heavy atom. The Morgan fingerprint density at radius 1 is 1.03 bits per heavy atom. The number of nitrogens with zero attached hydrogens (tertiary/aromatic N) is 4. The Bertz CT molecular complexity index is 1460. The van der Waals surface area contributed by atoms with E-state index in [2.05, 4.69) is 10.2 Å². The number of hydrogen-bond acceptors (Lipinski definition) is 6. The third-order valence-corrected chi connectivity index (χ3v) is 5.61. The van der Waals surface area contributed by atoms with Gasteiger partial charge in [-0.05, 0) is 64.3 Å². The molecule has 186 valence electrons. The summed E-state index contributed by atoms with van der Waals surface area (Å²) in [5.41, 5.74) is 3.47. The molecule has 0 aliphatic rings. The number of hydrogen-bond donors (Lipinski definition) is 1. The maximum Gasteiger partial charge on any atom is 0.262 e. The van der Waals surface area contributed by atoms with Crippen molar-refractivity contribution in [3.05, 3.63) is 76.7 Å². The second-order valence-corrected chi connectivity index (χ2v) is 9.26. The molecule has 0 saturated heterocycles. The Kier molecular flexibility index (Phi) is 7.45. The molecule has 0 aliphatic carbocycles. The Balaban J connectivity index is 1.87. The molecule has 0 atom stereocenters. The summed E-state index contributed by atoms with van der Waals surface area (Å²) >= 11 is 0. The van der Waals surface area contributed by atoms with Crippen LogP contribution in [0.5, 0.6) is 5.75 Å². The van der Waals surface area contributed by atoms with Crippen LogP contribution in [0, 0.1) is 0 Å². The molecule has 0 saturated carbocycles. The fourth-order valence-corrected chi connectivity index (χ4v) is 4.07. The molecule has 8 nitrogen and oxygen atoms in total. The number of rotatable bonds is 8. The number of ether oxygens (including phenoxy) is 1. The van der Waals surface area contributed by atoms with E-state index in [4.69, 9.17) is 14.7 Å². The van der Waals surface area contributed by atoms with Crippen molar-refractivity contribution in [1.29, 1.82) is 0 Å². The number of fused-ring (bicyclic) bond motifs is 1. The summed E-state index contributed by atoms with van der Waals surface area (Å²) in [5.74, 6) is 0.787. The van der Waals surface area contributed by atoms with Gasteiger partial charge in [0, 0.05) is 23.7 Å². The highest BCUT2D eigenvalue weighted by atomic mass is 16.5. The minimum Gasteiger partial charge on any atom is -0.497 e. The first-order chi connectivity index (χ1) is 17.2. The molecule has 2 aromatic carbocycles. The lowest BCUT2D eigenvalue weighted by Crippen LogP contribution is -2.37. The van der Waals surface area contributed by atoms with Gasteiger partial charge >= 0.3 is 0 Å². The predicted molar refractivity (Wildman–Crippen MR) is 142 cm³/mol. The highest BCUT2D eigenvalue weighted by molar-refractivity contribution is 5.85. The van der Waals surface area contributed by atoms with Gasteiger partial charge < -0.3 is 15.0 Å². The van der Waals surface area contributed by atoms with Crippen molar-refractivity contribution < 1.29 is 9.53 Å². The van der Waals surface area contributed by atoms with E-state index < -0.39 is 0 Å². The molecule has 2 heterocycles. The fourth-order valence-electron chi connectivity index (χ4n) is 4.07. The van der Waals surface area contributed by atoms with Gasteiger partial charge in [-0.25, -0.2) is 4.98 Å².